The molecule has 0 bridgehead atoms. The fraction of sp³-hybridized carbons (Fsp3) is 0.533. The van der Waals surface area contributed by atoms with Gasteiger partial charge in [0.1, 0.15) is 0 Å². The van der Waals surface area contributed by atoms with Crippen LogP contribution in [-0.4, -0.2) is 40.0 Å². The van der Waals surface area contributed by atoms with Crippen LogP contribution in [0.25, 0.3) is 0 Å². The highest BCUT2D eigenvalue weighted by Gasteiger charge is 2.28. The van der Waals surface area contributed by atoms with E-state index < -0.39 is 4.92 Å². The number of rotatable bonds is 6. The molecule has 1 N–H and O–H groups in total. The molecule has 0 saturated carbocycles. The van der Waals surface area contributed by atoms with Crippen molar-refractivity contribution in [3.63, 3.8) is 0 Å². The van der Waals surface area contributed by atoms with Crippen molar-refractivity contribution >= 4 is 11.6 Å². The Morgan fingerprint density at radius 3 is 3.00 bits per heavy atom. The van der Waals surface area contributed by atoms with E-state index in [1.807, 2.05) is 4.90 Å². The molecular formula is C15H20N2O4. The van der Waals surface area contributed by atoms with Crippen LogP contribution in [0, 0.1) is 10.1 Å². The number of benzene rings is 1. The fourth-order valence-corrected chi connectivity index (χ4v) is 2.85. The molecule has 1 aromatic rings. The Kier molecular flexibility index (Phi) is 5.27. The number of likely N-dealkylation sites (tertiary alicyclic amines) is 1. The summed E-state index contributed by atoms with van der Waals surface area (Å²) >= 11 is 0. The third-order valence-corrected chi connectivity index (χ3v) is 3.87. The molecule has 0 radical (unpaired) electrons. The topological polar surface area (TPSA) is 83.7 Å². The number of hydrogen-bond donors (Lipinski definition) is 1. The van der Waals surface area contributed by atoms with Crippen molar-refractivity contribution in [1.82, 2.24) is 4.90 Å². The molecule has 0 spiro atoms. The minimum Gasteiger partial charge on any atom is -0.396 e. The SMILES string of the molecule is O=C(Cc1cccc([N+](=O)[O-])c1)N1CCCC1CCCO. The number of nitro groups is 1. The average Bonchev–Trinajstić information content (AvgIpc) is 2.93. The molecule has 114 valence electrons. The zero-order valence-electron chi connectivity index (χ0n) is 11.9. The van der Waals surface area contributed by atoms with Crippen molar-refractivity contribution in [2.24, 2.45) is 0 Å². The number of carbonyl (C=O) groups excluding carboxylic acids is 1. The molecule has 0 aliphatic carbocycles. The van der Waals surface area contributed by atoms with Crippen molar-refractivity contribution in [2.45, 2.75) is 38.1 Å². The van der Waals surface area contributed by atoms with Crippen LogP contribution in [-0.2, 0) is 11.2 Å². The molecule has 0 aromatic heterocycles. The maximum atomic E-state index is 12.4. The Hall–Kier alpha value is -1.95. The molecule has 1 fully saturated rings. The Bertz CT molecular complexity index is 518. The molecule has 1 aliphatic rings. The van der Waals surface area contributed by atoms with Gasteiger partial charge in [0.25, 0.3) is 5.69 Å². The van der Waals surface area contributed by atoms with E-state index in [1.54, 1.807) is 12.1 Å². The van der Waals surface area contributed by atoms with E-state index in [2.05, 4.69) is 0 Å². The minimum absolute atomic E-state index is 0.0101. The molecule has 1 saturated heterocycles. The van der Waals surface area contributed by atoms with Crippen LogP contribution in [0.5, 0.6) is 0 Å². The van der Waals surface area contributed by atoms with Crippen LogP contribution in [0.2, 0.25) is 0 Å². The predicted octanol–water partition coefficient (Wildman–Crippen LogP) is 1.90. The fourth-order valence-electron chi connectivity index (χ4n) is 2.85. The second-order valence-electron chi connectivity index (χ2n) is 5.35. The van der Waals surface area contributed by atoms with E-state index in [0.29, 0.717) is 12.0 Å². The minimum atomic E-state index is -0.451. The smallest absolute Gasteiger partial charge is 0.269 e. The molecule has 6 heteroatoms. The van der Waals surface area contributed by atoms with Crippen LogP contribution < -0.4 is 0 Å². The molecule has 1 aliphatic heterocycles. The summed E-state index contributed by atoms with van der Waals surface area (Å²) in [5, 5.41) is 19.7. The van der Waals surface area contributed by atoms with Gasteiger partial charge in [0.15, 0.2) is 0 Å². The second kappa shape index (κ2) is 7.17. The number of hydrogen-bond acceptors (Lipinski definition) is 4. The lowest BCUT2D eigenvalue weighted by Crippen LogP contribution is -2.36. The number of nitrogens with zero attached hydrogens (tertiary/aromatic N) is 2. The summed E-state index contributed by atoms with van der Waals surface area (Å²) in [7, 11) is 0. The van der Waals surface area contributed by atoms with Crippen LogP contribution in [0.4, 0.5) is 5.69 Å². The molecule has 21 heavy (non-hydrogen) atoms. The standard InChI is InChI=1S/C15H20N2O4/c18-9-3-7-13-6-2-8-16(13)15(19)11-12-4-1-5-14(10-12)17(20)21/h1,4-5,10,13,18H,2-3,6-9,11H2. The highest BCUT2D eigenvalue weighted by molar-refractivity contribution is 5.79. The van der Waals surface area contributed by atoms with Gasteiger partial charge in [-0.3, -0.25) is 14.9 Å². The van der Waals surface area contributed by atoms with Crippen molar-refractivity contribution < 1.29 is 14.8 Å². The number of aliphatic hydroxyl groups is 1. The molecule has 1 heterocycles. The number of aliphatic hydroxyl groups excluding tert-OH is 1. The first-order valence-electron chi connectivity index (χ1n) is 7.25. The predicted molar refractivity (Wildman–Crippen MR) is 77.9 cm³/mol. The maximum Gasteiger partial charge on any atom is 0.269 e. The lowest BCUT2D eigenvalue weighted by Gasteiger charge is -2.24. The van der Waals surface area contributed by atoms with Crippen LogP contribution in [0.3, 0.4) is 0 Å². The summed E-state index contributed by atoms with van der Waals surface area (Å²) in [5.74, 6) is 0.0101. The Morgan fingerprint density at radius 2 is 2.29 bits per heavy atom. The van der Waals surface area contributed by atoms with Crippen LogP contribution in [0.15, 0.2) is 24.3 Å². The Balaban J connectivity index is 2.00. The zero-order valence-corrected chi connectivity index (χ0v) is 11.9. The quantitative estimate of drug-likeness (QED) is 0.641. The highest BCUT2D eigenvalue weighted by Crippen LogP contribution is 2.23. The summed E-state index contributed by atoms with van der Waals surface area (Å²) in [6.07, 6.45) is 3.66. The molecule has 2 rings (SSSR count). The monoisotopic (exact) mass is 292 g/mol. The van der Waals surface area contributed by atoms with Crippen molar-refractivity contribution in [3.8, 4) is 0 Å². The van der Waals surface area contributed by atoms with Crippen LogP contribution >= 0.6 is 0 Å². The summed E-state index contributed by atoms with van der Waals surface area (Å²) in [5.41, 5.74) is 0.681. The molecule has 1 unspecified atom stereocenters. The number of amides is 1. The first kappa shape index (κ1) is 15.4. The summed E-state index contributed by atoms with van der Waals surface area (Å²) in [4.78, 5) is 24.5. The molecule has 6 nitrogen and oxygen atoms in total. The van der Waals surface area contributed by atoms with Gasteiger partial charge in [-0.25, -0.2) is 0 Å². The first-order chi connectivity index (χ1) is 10.1. The van der Waals surface area contributed by atoms with Gasteiger partial charge in [0.2, 0.25) is 5.91 Å². The van der Waals surface area contributed by atoms with Gasteiger partial charge in [0.05, 0.1) is 11.3 Å². The lowest BCUT2D eigenvalue weighted by molar-refractivity contribution is -0.384. The van der Waals surface area contributed by atoms with Crippen molar-refractivity contribution in [2.75, 3.05) is 13.2 Å². The van der Waals surface area contributed by atoms with Gasteiger partial charge in [-0.05, 0) is 31.2 Å². The second-order valence-corrected chi connectivity index (χ2v) is 5.35. The van der Waals surface area contributed by atoms with Gasteiger partial charge in [-0.15, -0.1) is 0 Å². The molecule has 1 atom stereocenters. The Labute approximate surface area is 123 Å². The van der Waals surface area contributed by atoms with E-state index in [1.165, 1.54) is 12.1 Å². The third-order valence-electron chi connectivity index (χ3n) is 3.87. The van der Waals surface area contributed by atoms with Crippen molar-refractivity contribution in [1.29, 1.82) is 0 Å². The number of nitro benzene ring substituents is 1. The van der Waals surface area contributed by atoms with E-state index >= 15 is 0 Å². The normalized spacial score (nSPS) is 18.0. The summed E-state index contributed by atoms with van der Waals surface area (Å²) in [6, 6.07) is 6.42. The van der Waals surface area contributed by atoms with E-state index in [4.69, 9.17) is 5.11 Å². The van der Waals surface area contributed by atoms with Gasteiger partial charge in [-0.1, -0.05) is 12.1 Å². The maximum absolute atomic E-state index is 12.4. The van der Waals surface area contributed by atoms with Gasteiger partial charge in [0, 0.05) is 31.3 Å². The molecule has 1 aromatic carbocycles. The van der Waals surface area contributed by atoms with Crippen LogP contribution in [0.1, 0.15) is 31.2 Å². The largest absolute Gasteiger partial charge is 0.396 e. The molecule has 1 amide bonds. The third kappa shape index (κ3) is 4.01. The van der Waals surface area contributed by atoms with E-state index in [0.717, 1.165) is 25.8 Å². The lowest BCUT2D eigenvalue weighted by atomic mass is 10.1. The zero-order chi connectivity index (χ0) is 15.2. The summed E-state index contributed by atoms with van der Waals surface area (Å²) < 4.78 is 0. The Morgan fingerprint density at radius 1 is 1.48 bits per heavy atom. The van der Waals surface area contributed by atoms with Gasteiger partial charge in [-0.2, -0.15) is 0 Å². The highest BCUT2D eigenvalue weighted by atomic mass is 16.6. The number of non-ortho nitro benzene ring substituents is 1. The average molecular weight is 292 g/mol. The molecular weight excluding hydrogens is 272 g/mol. The van der Waals surface area contributed by atoms with E-state index in [9.17, 15) is 14.9 Å². The van der Waals surface area contributed by atoms with E-state index in [-0.39, 0.29) is 30.7 Å². The van der Waals surface area contributed by atoms with Crippen molar-refractivity contribution in [3.05, 3.63) is 39.9 Å². The van der Waals surface area contributed by atoms with Gasteiger partial charge < -0.3 is 10.0 Å². The first-order valence-corrected chi connectivity index (χ1v) is 7.25. The van der Waals surface area contributed by atoms with Gasteiger partial charge >= 0.3 is 0 Å². The number of carbonyl (C=O) groups is 1. The summed E-state index contributed by atoms with van der Waals surface area (Å²) in [6.45, 7) is 0.882.